The van der Waals surface area contributed by atoms with E-state index in [9.17, 15) is 4.79 Å². The van der Waals surface area contributed by atoms with Gasteiger partial charge in [-0.2, -0.15) is 0 Å². The normalized spacial score (nSPS) is 10.1. The van der Waals surface area contributed by atoms with Crippen LogP contribution in [-0.4, -0.2) is 16.1 Å². The second-order valence-electron chi connectivity index (χ2n) is 4.72. The Morgan fingerprint density at radius 1 is 1.29 bits per heavy atom. The van der Waals surface area contributed by atoms with Gasteiger partial charge in [0.15, 0.2) is 0 Å². The molecule has 0 spiro atoms. The summed E-state index contributed by atoms with van der Waals surface area (Å²) < 4.78 is 0. The third kappa shape index (κ3) is 4.34. The van der Waals surface area contributed by atoms with Gasteiger partial charge in [0.1, 0.15) is 5.82 Å². The second kappa shape index (κ2) is 7.29. The molecule has 0 aliphatic rings. The van der Waals surface area contributed by atoms with Gasteiger partial charge in [-0.15, -0.1) is 12.4 Å². The zero-order valence-electron chi connectivity index (χ0n) is 11.6. The highest BCUT2D eigenvalue weighted by molar-refractivity contribution is 6.30. The molecule has 2 N–H and O–H groups in total. The lowest BCUT2D eigenvalue weighted by molar-refractivity contribution is 0.0694. The highest BCUT2D eigenvalue weighted by Crippen LogP contribution is 2.23. The zero-order chi connectivity index (χ0) is 14.7. The molecule has 21 heavy (non-hydrogen) atoms. The lowest BCUT2D eigenvalue weighted by Gasteiger charge is -2.12. The summed E-state index contributed by atoms with van der Waals surface area (Å²) in [4.78, 5) is 15.5. The summed E-state index contributed by atoms with van der Waals surface area (Å²) in [6, 6.07) is 10.5. The highest BCUT2D eigenvalue weighted by atomic mass is 35.5. The number of hydrogen-bond donors (Lipinski definition) is 2. The number of pyridine rings is 1. The van der Waals surface area contributed by atoms with Crippen molar-refractivity contribution in [3.63, 3.8) is 0 Å². The van der Waals surface area contributed by atoms with E-state index in [1.807, 2.05) is 26.0 Å². The van der Waals surface area contributed by atoms with Gasteiger partial charge in [-0.1, -0.05) is 31.5 Å². The molecule has 0 radical (unpaired) electrons. The Kier molecular flexibility index (Phi) is 6.00. The van der Waals surface area contributed by atoms with E-state index in [2.05, 4.69) is 10.3 Å². The molecule has 0 saturated heterocycles. The van der Waals surface area contributed by atoms with Gasteiger partial charge in [0, 0.05) is 10.7 Å². The highest BCUT2D eigenvalue weighted by Gasteiger charge is 2.15. The van der Waals surface area contributed by atoms with Crippen LogP contribution in [0.1, 0.15) is 35.8 Å². The Labute approximate surface area is 134 Å². The average molecular weight is 327 g/mol. The minimum Gasteiger partial charge on any atom is -0.478 e. The molecular formula is C15H16Cl2N2O2. The predicted octanol–water partition coefficient (Wildman–Crippen LogP) is 4.72. The van der Waals surface area contributed by atoms with Crippen LogP contribution in [0, 0.1) is 0 Å². The molecule has 1 heterocycles. The first kappa shape index (κ1) is 17.3. The van der Waals surface area contributed by atoms with Crippen LogP contribution in [0.3, 0.4) is 0 Å². The molecule has 6 heteroatoms. The molecule has 1 aromatic heterocycles. The van der Waals surface area contributed by atoms with Crippen LogP contribution < -0.4 is 5.32 Å². The Morgan fingerprint density at radius 2 is 2.00 bits per heavy atom. The molecule has 0 aliphatic carbocycles. The van der Waals surface area contributed by atoms with Crippen LogP contribution in [-0.2, 0) is 0 Å². The molecule has 0 amide bonds. The number of benzene rings is 1. The molecule has 1 aromatic carbocycles. The summed E-state index contributed by atoms with van der Waals surface area (Å²) in [5.74, 6) is -0.335. The molecule has 0 saturated carbocycles. The quantitative estimate of drug-likeness (QED) is 0.853. The lowest BCUT2D eigenvalue weighted by Crippen LogP contribution is -2.08. The standard InChI is InChI=1S/C15H15ClN2O2.ClH/c1-9(2)14-12(15(19)20)6-7-13(18-14)17-11-5-3-4-10(16)8-11;/h3-9H,1-2H3,(H,17,18)(H,19,20);1H. The molecule has 0 unspecified atom stereocenters. The first-order valence-electron chi connectivity index (χ1n) is 6.24. The van der Waals surface area contributed by atoms with E-state index in [4.69, 9.17) is 16.7 Å². The van der Waals surface area contributed by atoms with Crippen molar-refractivity contribution in [2.24, 2.45) is 0 Å². The van der Waals surface area contributed by atoms with Gasteiger partial charge < -0.3 is 10.4 Å². The summed E-state index contributed by atoms with van der Waals surface area (Å²) in [5, 5.41) is 12.9. The summed E-state index contributed by atoms with van der Waals surface area (Å²) >= 11 is 5.92. The molecule has 4 nitrogen and oxygen atoms in total. The first-order chi connectivity index (χ1) is 9.47. The molecule has 0 atom stereocenters. The Hall–Kier alpha value is -1.78. The van der Waals surface area contributed by atoms with E-state index in [1.54, 1.807) is 24.3 Å². The maximum Gasteiger partial charge on any atom is 0.337 e. The average Bonchev–Trinajstić information content (AvgIpc) is 2.38. The fourth-order valence-electron chi connectivity index (χ4n) is 1.88. The summed E-state index contributed by atoms with van der Waals surface area (Å²) in [6.45, 7) is 3.83. The van der Waals surface area contributed by atoms with E-state index in [0.29, 0.717) is 16.5 Å². The number of halogens is 2. The van der Waals surface area contributed by atoms with Crippen molar-refractivity contribution in [2.45, 2.75) is 19.8 Å². The molecule has 0 aliphatic heterocycles. The zero-order valence-corrected chi connectivity index (χ0v) is 13.2. The SMILES string of the molecule is CC(C)c1nc(Nc2cccc(Cl)c2)ccc1C(=O)O.Cl. The Balaban J connectivity index is 0.00000220. The van der Waals surface area contributed by atoms with Crippen LogP contribution in [0.2, 0.25) is 5.02 Å². The Morgan fingerprint density at radius 3 is 2.57 bits per heavy atom. The number of carbonyl (C=O) groups is 1. The molecule has 0 fully saturated rings. The number of hydrogen-bond acceptors (Lipinski definition) is 3. The number of aromatic carboxylic acids is 1. The van der Waals surface area contributed by atoms with Crippen LogP contribution in [0.25, 0.3) is 0 Å². The van der Waals surface area contributed by atoms with Crippen molar-refractivity contribution in [2.75, 3.05) is 5.32 Å². The largest absolute Gasteiger partial charge is 0.478 e. The number of nitrogens with zero attached hydrogens (tertiary/aromatic N) is 1. The molecule has 2 rings (SSSR count). The third-order valence-corrected chi connectivity index (χ3v) is 3.03. The van der Waals surface area contributed by atoms with Crippen LogP contribution in [0.4, 0.5) is 11.5 Å². The van der Waals surface area contributed by atoms with E-state index in [-0.39, 0.29) is 23.9 Å². The van der Waals surface area contributed by atoms with Gasteiger partial charge in [0.25, 0.3) is 0 Å². The summed E-state index contributed by atoms with van der Waals surface area (Å²) in [6.07, 6.45) is 0. The first-order valence-corrected chi connectivity index (χ1v) is 6.62. The number of rotatable bonds is 4. The smallest absolute Gasteiger partial charge is 0.337 e. The number of anilines is 2. The fourth-order valence-corrected chi connectivity index (χ4v) is 2.07. The van der Waals surface area contributed by atoms with E-state index in [0.717, 1.165) is 5.69 Å². The number of nitrogens with one attached hydrogen (secondary N) is 1. The summed E-state index contributed by atoms with van der Waals surface area (Å²) in [5.41, 5.74) is 1.60. The van der Waals surface area contributed by atoms with Crippen molar-refractivity contribution < 1.29 is 9.90 Å². The van der Waals surface area contributed by atoms with Gasteiger partial charge in [0.05, 0.1) is 11.3 Å². The van der Waals surface area contributed by atoms with Crippen molar-refractivity contribution in [1.29, 1.82) is 0 Å². The molecule has 112 valence electrons. The van der Waals surface area contributed by atoms with E-state index in [1.165, 1.54) is 0 Å². The predicted molar refractivity (Wildman–Crippen MR) is 87.3 cm³/mol. The number of carboxylic acid groups (broad SMARTS) is 1. The van der Waals surface area contributed by atoms with Crippen LogP contribution >= 0.6 is 24.0 Å². The topological polar surface area (TPSA) is 62.2 Å². The fraction of sp³-hybridized carbons (Fsp3) is 0.200. The number of aromatic nitrogens is 1. The Bertz CT molecular complexity index is 645. The van der Waals surface area contributed by atoms with E-state index < -0.39 is 5.97 Å². The van der Waals surface area contributed by atoms with Crippen LogP contribution in [0.5, 0.6) is 0 Å². The lowest BCUT2D eigenvalue weighted by atomic mass is 10.0. The summed E-state index contributed by atoms with van der Waals surface area (Å²) in [7, 11) is 0. The third-order valence-electron chi connectivity index (χ3n) is 2.80. The molecule has 2 aromatic rings. The minimum absolute atomic E-state index is 0. The van der Waals surface area contributed by atoms with Crippen molar-refractivity contribution in [3.05, 3.63) is 52.7 Å². The monoisotopic (exact) mass is 326 g/mol. The molecule has 0 bridgehead atoms. The second-order valence-corrected chi connectivity index (χ2v) is 5.16. The maximum atomic E-state index is 11.2. The van der Waals surface area contributed by atoms with Crippen molar-refractivity contribution >= 4 is 41.5 Å². The minimum atomic E-state index is -0.962. The van der Waals surface area contributed by atoms with Gasteiger partial charge in [-0.05, 0) is 36.2 Å². The van der Waals surface area contributed by atoms with Gasteiger partial charge in [-0.25, -0.2) is 9.78 Å². The van der Waals surface area contributed by atoms with E-state index >= 15 is 0 Å². The number of carboxylic acids is 1. The van der Waals surface area contributed by atoms with Gasteiger partial charge in [0.2, 0.25) is 0 Å². The van der Waals surface area contributed by atoms with Gasteiger partial charge >= 0.3 is 5.97 Å². The molecular weight excluding hydrogens is 311 g/mol. The van der Waals surface area contributed by atoms with Crippen molar-refractivity contribution in [3.8, 4) is 0 Å². The van der Waals surface area contributed by atoms with Crippen LogP contribution in [0.15, 0.2) is 36.4 Å². The maximum absolute atomic E-state index is 11.2. The van der Waals surface area contributed by atoms with Crippen molar-refractivity contribution in [1.82, 2.24) is 4.98 Å². The van der Waals surface area contributed by atoms with Gasteiger partial charge in [-0.3, -0.25) is 0 Å².